The number of amides is 1. The van der Waals surface area contributed by atoms with Crippen molar-refractivity contribution in [2.75, 3.05) is 19.6 Å². The van der Waals surface area contributed by atoms with Crippen molar-refractivity contribution >= 4 is 6.41 Å². The second-order valence-corrected chi connectivity index (χ2v) is 3.83. The van der Waals surface area contributed by atoms with Crippen molar-refractivity contribution in [1.29, 1.82) is 0 Å². The molecular weight excluding hydrogens is 152 g/mol. The Bertz CT molecular complexity index is 147. The van der Waals surface area contributed by atoms with E-state index in [1.807, 2.05) is 4.90 Å². The lowest BCUT2D eigenvalue weighted by atomic mass is 10.0. The van der Waals surface area contributed by atoms with E-state index in [0.29, 0.717) is 12.0 Å². The van der Waals surface area contributed by atoms with Crippen LogP contribution in [0, 0.1) is 5.92 Å². The van der Waals surface area contributed by atoms with Gasteiger partial charge < -0.3 is 10.2 Å². The van der Waals surface area contributed by atoms with Crippen LogP contribution in [0.4, 0.5) is 0 Å². The fraction of sp³-hybridized carbons (Fsp3) is 0.889. The molecule has 1 saturated heterocycles. The Labute approximate surface area is 74.1 Å². The fourth-order valence-corrected chi connectivity index (χ4v) is 1.68. The van der Waals surface area contributed by atoms with Crippen molar-refractivity contribution in [3.63, 3.8) is 0 Å². The second-order valence-electron chi connectivity index (χ2n) is 3.83. The molecule has 1 unspecified atom stereocenters. The van der Waals surface area contributed by atoms with Crippen molar-refractivity contribution in [1.82, 2.24) is 10.2 Å². The largest absolute Gasteiger partial charge is 0.340 e. The van der Waals surface area contributed by atoms with E-state index in [4.69, 9.17) is 0 Å². The third-order valence-corrected chi connectivity index (χ3v) is 2.27. The molecule has 1 rings (SSSR count). The summed E-state index contributed by atoms with van der Waals surface area (Å²) in [6.45, 7) is 7.14. The summed E-state index contributed by atoms with van der Waals surface area (Å²) in [7, 11) is 0. The first kappa shape index (κ1) is 9.52. The van der Waals surface area contributed by atoms with E-state index in [2.05, 4.69) is 19.2 Å². The Balaban J connectivity index is 2.41. The Morgan fingerprint density at radius 1 is 1.67 bits per heavy atom. The highest BCUT2D eigenvalue weighted by Gasteiger charge is 2.20. The van der Waals surface area contributed by atoms with Gasteiger partial charge >= 0.3 is 0 Å². The molecule has 12 heavy (non-hydrogen) atoms. The van der Waals surface area contributed by atoms with Crippen LogP contribution < -0.4 is 5.32 Å². The Morgan fingerprint density at radius 2 is 2.42 bits per heavy atom. The van der Waals surface area contributed by atoms with Gasteiger partial charge in [-0.05, 0) is 12.3 Å². The van der Waals surface area contributed by atoms with Gasteiger partial charge in [0.1, 0.15) is 0 Å². The quantitative estimate of drug-likeness (QED) is 0.624. The zero-order valence-corrected chi connectivity index (χ0v) is 7.92. The maximum absolute atomic E-state index is 10.6. The zero-order chi connectivity index (χ0) is 8.97. The molecule has 1 fully saturated rings. The molecule has 0 aromatic heterocycles. The fourth-order valence-electron chi connectivity index (χ4n) is 1.68. The van der Waals surface area contributed by atoms with E-state index >= 15 is 0 Å². The van der Waals surface area contributed by atoms with Gasteiger partial charge in [-0.3, -0.25) is 4.79 Å². The third kappa shape index (κ3) is 2.48. The van der Waals surface area contributed by atoms with Crippen molar-refractivity contribution in [2.45, 2.75) is 26.3 Å². The van der Waals surface area contributed by atoms with Crippen molar-refractivity contribution in [3.05, 3.63) is 0 Å². The van der Waals surface area contributed by atoms with Crippen molar-refractivity contribution in [3.8, 4) is 0 Å². The lowest BCUT2D eigenvalue weighted by Crippen LogP contribution is -2.50. The van der Waals surface area contributed by atoms with Gasteiger partial charge in [0.25, 0.3) is 0 Å². The maximum atomic E-state index is 10.6. The van der Waals surface area contributed by atoms with Gasteiger partial charge in [0.2, 0.25) is 6.41 Å². The number of carbonyl (C=O) groups excluding carboxylic acids is 1. The molecule has 1 aliphatic rings. The number of carbonyl (C=O) groups is 1. The van der Waals surface area contributed by atoms with Crippen LogP contribution in [-0.4, -0.2) is 37.0 Å². The van der Waals surface area contributed by atoms with Crippen LogP contribution in [0.3, 0.4) is 0 Å². The molecular formula is C9H18N2O. The van der Waals surface area contributed by atoms with Gasteiger partial charge in [0, 0.05) is 25.7 Å². The van der Waals surface area contributed by atoms with Gasteiger partial charge in [-0.15, -0.1) is 0 Å². The van der Waals surface area contributed by atoms with E-state index in [0.717, 1.165) is 32.5 Å². The molecule has 1 N–H and O–H groups in total. The number of hydrogen-bond acceptors (Lipinski definition) is 2. The van der Waals surface area contributed by atoms with Gasteiger partial charge in [0.05, 0.1) is 0 Å². The molecule has 1 aliphatic heterocycles. The first-order chi connectivity index (χ1) is 5.74. The first-order valence-electron chi connectivity index (χ1n) is 4.65. The minimum atomic E-state index is 0.413. The summed E-state index contributed by atoms with van der Waals surface area (Å²) >= 11 is 0. The Morgan fingerprint density at radius 3 is 3.00 bits per heavy atom. The Hall–Kier alpha value is -0.570. The second kappa shape index (κ2) is 4.45. The predicted octanol–water partition coefficient (Wildman–Crippen LogP) is 0.463. The molecule has 70 valence electrons. The van der Waals surface area contributed by atoms with Crippen LogP contribution >= 0.6 is 0 Å². The average molecular weight is 170 g/mol. The first-order valence-corrected chi connectivity index (χ1v) is 4.65. The average Bonchev–Trinajstić information content (AvgIpc) is 2.04. The van der Waals surface area contributed by atoms with Crippen LogP contribution in [0.2, 0.25) is 0 Å². The highest BCUT2D eigenvalue weighted by Crippen LogP contribution is 2.11. The number of nitrogens with one attached hydrogen (secondary N) is 1. The molecule has 0 radical (unpaired) electrons. The SMILES string of the molecule is CC(C)CC1CNCCN1C=O. The molecule has 0 aromatic carbocycles. The van der Waals surface area contributed by atoms with Gasteiger partial charge in [-0.25, -0.2) is 0 Å². The molecule has 3 heteroatoms. The van der Waals surface area contributed by atoms with E-state index in [-0.39, 0.29) is 0 Å². The predicted molar refractivity (Wildman–Crippen MR) is 48.9 cm³/mol. The van der Waals surface area contributed by atoms with E-state index in [9.17, 15) is 4.79 Å². The smallest absolute Gasteiger partial charge is 0.210 e. The zero-order valence-electron chi connectivity index (χ0n) is 7.92. The molecule has 1 amide bonds. The summed E-state index contributed by atoms with van der Waals surface area (Å²) in [5, 5.41) is 3.30. The van der Waals surface area contributed by atoms with Gasteiger partial charge in [-0.2, -0.15) is 0 Å². The van der Waals surface area contributed by atoms with Crippen LogP contribution in [0.25, 0.3) is 0 Å². The lowest BCUT2D eigenvalue weighted by molar-refractivity contribution is -0.121. The minimum Gasteiger partial charge on any atom is -0.340 e. The van der Waals surface area contributed by atoms with E-state index in [1.54, 1.807) is 0 Å². The molecule has 3 nitrogen and oxygen atoms in total. The summed E-state index contributed by atoms with van der Waals surface area (Å²) in [6.07, 6.45) is 2.08. The van der Waals surface area contributed by atoms with Crippen LogP contribution in [-0.2, 0) is 4.79 Å². The van der Waals surface area contributed by atoms with Crippen molar-refractivity contribution in [2.24, 2.45) is 5.92 Å². The summed E-state index contributed by atoms with van der Waals surface area (Å²) in [6, 6.07) is 0.413. The van der Waals surface area contributed by atoms with E-state index < -0.39 is 0 Å². The topological polar surface area (TPSA) is 32.3 Å². The van der Waals surface area contributed by atoms with Crippen molar-refractivity contribution < 1.29 is 4.79 Å². The number of rotatable bonds is 3. The monoisotopic (exact) mass is 170 g/mol. The van der Waals surface area contributed by atoms with Crippen LogP contribution in [0.5, 0.6) is 0 Å². The number of nitrogens with zero attached hydrogens (tertiary/aromatic N) is 1. The summed E-state index contributed by atoms with van der Waals surface area (Å²) in [5.74, 6) is 0.664. The molecule has 0 aromatic rings. The van der Waals surface area contributed by atoms with E-state index in [1.165, 1.54) is 0 Å². The maximum Gasteiger partial charge on any atom is 0.210 e. The molecule has 0 aliphatic carbocycles. The number of hydrogen-bond donors (Lipinski definition) is 1. The molecule has 1 heterocycles. The third-order valence-electron chi connectivity index (χ3n) is 2.27. The highest BCUT2D eigenvalue weighted by molar-refractivity contribution is 5.48. The molecule has 1 atom stereocenters. The molecule has 0 spiro atoms. The van der Waals surface area contributed by atoms with Gasteiger partial charge in [0.15, 0.2) is 0 Å². The Kier molecular flexibility index (Phi) is 3.53. The minimum absolute atomic E-state index is 0.413. The number of piperazine rings is 1. The van der Waals surface area contributed by atoms with Crippen LogP contribution in [0.15, 0.2) is 0 Å². The standard InChI is InChI=1S/C9H18N2O/c1-8(2)5-9-6-10-3-4-11(9)7-12/h7-10H,3-6H2,1-2H3. The van der Waals surface area contributed by atoms with Gasteiger partial charge in [-0.1, -0.05) is 13.8 Å². The summed E-state index contributed by atoms with van der Waals surface area (Å²) < 4.78 is 0. The lowest BCUT2D eigenvalue weighted by Gasteiger charge is -2.34. The summed E-state index contributed by atoms with van der Waals surface area (Å²) in [4.78, 5) is 12.6. The van der Waals surface area contributed by atoms with Crippen LogP contribution in [0.1, 0.15) is 20.3 Å². The molecule has 0 bridgehead atoms. The normalized spacial score (nSPS) is 24.6. The summed E-state index contributed by atoms with van der Waals surface area (Å²) in [5.41, 5.74) is 0. The highest BCUT2D eigenvalue weighted by atomic mass is 16.1. The molecule has 0 saturated carbocycles.